The van der Waals surface area contributed by atoms with Crippen molar-refractivity contribution in [2.75, 3.05) is 47.5 Å². The molecule has 0 aliphatic carbocycles. The monoisotopic (exact) mass is 940 g/mol. The Kier molecular flexibility index (Phi) is 44.4. The summed E-state index contributed by atoms with van der Waals surface area (Å²) in [7, 11) is 1.12. The average molecular weight is 940 g/mol. The van der Waals surface area contributed by atoms with Gasteiger partial charge in [0.05, 0.1) is 27.7 Å². The predicted molar refractivity (Wildman–Crippen MR) is 277 cm³/mol. The standard InChI is InChI=1S/C56H94NO8P/c1-6-8-10-12-14-16-18-20-22-23-24-25-26-27-28-29-30-31-32-33-35-37-39-41-43-45-47-49-56(59)65-54(53-64-66(60,61)63-51-50-57(3,4)5)52-62-55(58)48-46-44-42-40-38-36-34-21-19-17-15-13-11-9-7-2/h8-11,14-17,20-22,24-25,27-28,34,38,40,54H,6-7,12-13,18-19,23,26,29-33,35-37,39,41-53H2,1-5H3/b10-8-,11-9-,16-14-,17-15-,22-20-,25-24-,28-27-,34-21-,40-38-. The average Bonchev–Trinajstić information content (AvgIpc) is 3.27. The SMILES string of the molecule is CC/C=C\C/C=C\C/C=C\C/C=C\C/C=C\CCCCCCCCCCCCCC(=O)OC(COC(=O)CCCC/C=C\C/C=C\C/C=C\C/C=C\CC)COP(=O)([O-])OCC[N+](C)(C)C. The molecule has 66 heavy (non-hydrogen) atoms. The number of quaternary nitrogens is 1. The Labute approximate surface area is 404 Å². The molecule has 9 nitrogen and oxygen atoms in total. The summed E-state index contributed by atoms with van der Waals surface area (Å²) in [6.07, 6.45) is 64.1. The van der Waals surface area contributed by atoms with Crippen LogP contribution in [0.1, 0.15) is 181 Å². The van der Waals surface area contributed by atoms with E-state index in [2.05, 4.69) is 123 Å². The molecule has 2 unspecified atom stereocenters. The van der Waals surface area contributed by atoms with E-state index < -0.39 is 32.5 Å². The molecule has 0 saturated heterocycles. The summed E-state index contributed by atoms with van der Waals surface area (Å²) < 4.78 is 34.0. The quantitative estimate of drug-likeness (QED) is 0.0195. The third-order valence-electron chi connectivity index (χ3n) is 10.3. The fourth-order valence-electron chi connectivity index (χ4n) is 6.38. The zero-order chi connectivity index (χ0) is 48.5. The normalized spacial score (nSPS) is 14.3. The molecular weight excluding hydrogens is 846 g/mol. The van der Waals surface area contributed by atoms with Crippen molar-refractivity contribution in [3.05, 3.63) is 109 Å². The lowest BCUT2D eigenvalue weighted by atomic mass is 10.0. The van der Waals surface area contributed by atoms with Crippen LogP contribution in [-0.2, 0) is 32.7 Å². The first-order chi connectivity index (χ1) is 32.0. The number of carbonyl (C=O) groups is 2. The van der Waals surface area contributed by atoms with Crippen LogP contribution >= 0.6 is 7.82 Å². The summed E-state index contributed by atoms with van der Waals surface area (Å²) in [5.41, 5.74) is 0. The van der Waals surface area contributed by atoms with Crippen LogP contribution in [0.15, 0.2) is 109 Å². The lowest BCUT2D eigenvalue weighted by molar-refractivity contribution is -0.870. The number of phosphoric acid groups is 1. The molecule has 376 valence electrons. The van der Waals surface area contributed by atoms with E-state index in [4.69, 9.17) is 18.5 Å². The molecular formula is C56H94NO8P. The Morgan fingerprint density at radius 2 is 0.818 bits per heavy atom. The minimum Gasteiger partial charge on any atom is -0.756 e. The van der Waals surface area contributed by atoms with Crippen molar-refractivity contribution in [1.82, 2.24) is 0 Å². The lowest BCUT2D eigenvalue weighted by Gasteiger charge is -2.28. The third-order valence-corrected chi connectivity index (χ3v) is 11.3. The zero-order valence-corrected chi connectivity index (χ0v) is 43.2. The second kappa shape index (κ2) is 46.8. The minimum atomic E-state index is -4.65. The molecule has 0 radical (unpaired) electrons. The Hall–Kier alpha value is -3.33. The summed E-state index contributed by atoms with van der Waals surface area (Å²) in [4.78, 5) is 37.7. The van der Waals surface area contributed by atoms with E-state index in [0.29, 0.717) is 23.9 Å². The van der Waals surface area contributed by atoms with E-state index in [0.717, 1.165) is 96.3 Å². The van der Waals surface area contributed by atoms with Gasteiger partial charge in [0.2, 0.25) is 0 Å². The lowest BCUT2D eigenvalue weighted by Crippen LogP contribution is -2.37. The smallest absolute Gasteiger partial charge is 0.306 e. The molecule has 0 spiro atoms. The summed E-state index contributed by atoms with van der Waals surface area (Å²) in [6, 6.07) is 0. The van der Waals surface area contributed by atoms with Gasteiger partial charge in [-0.2, -0.15) is 0 Å². The van der Waals surface area contributed by atoms with E-state index in [1.807, 2.05) is 21.1 Å². The molecule has 2 atom stereocenters. The topological polar surface area (TPSA) is 111 Å². The van der Waals surface area contributed by atoms with E-state index in [9.17, 15) is 19.0 Å². The molecule has 10 heteroatoms. The van der Waals surface area contributed by atoms with Crippen molar-refractivity contribution in [2.24, 2.45) is 0 Å². The first-order valence-electron chi connectivity index (χ1n) is 25.6. The van der Waals surface area contributed by atoms with Gasteiger partial charge in [-0.05, 0) is 96.3 Å². The number of likely N-dealkylation sites (N-methyl/N-ethyl adjacent to an activating group) is 1. The molecule has 0 amide bonds. The number of carbonyl (C=O) groups excluding carboxylic acids is 2. The molecule has 0 bridgehead atoms. The van der Waals surface area contributed by atoms with E-state index in [1.54, 1.807) is 0 Å². The Bertz CT molecular complexity index is 1480. The maximum Gasteiger partial charge on any atom is 0.306 e. The molecule has 0 fully saturated rings. The van der Waals surface area contributed by atoms with E-state index in [-0.39, 0.29) is 26.1 Å². The van der Waals surface area contributed by atoms with Crippen LogP contribution in [-0.4, -0.2) is 70.0 Å². The second-order valence-electron chi connectivity index (χ2n) is 17.8. The van der Waals surface area contributed by atoms with Gasteiger partial charge in [-0.3, -0.25) is 14.2 Å². The Morgan fingerprint density at radius 1 is 0.470 bits per heavy atom. The molecule has 0 rings (SSSR count). The van der Waals surface area contributed by atoms with Gasteiger partial charge < -0.3 is 27.9 Å². The summed E-state index contributed by atoms with van der Waals surface area (Å²) >= 11 is 0. The first kappa shape index (κ1) is 62.7. The number of nitrogens with zero attached hydrogens (tertiary/aromatic N) is 1. The fraction of sp³-hybridized carbons (Fsp3) is 0.643. The number of ether oxygens (including phenoxy) is 2. The minimum absolute atomic E-state index is 0.0440. The van der Waals surface area contributed by atoms with Gasteiger partial charge in [-0.25, -0.2) is 0 Å². The molecule has 0 saturated carbocycles. The van der Waals surface area contributed by atoms with Crippen LogP contribution in [0.25, 0.3) is 0 Å². The van der Waals surface area contributed by atoms with Gasteiger partial charge in [0, 0.05) is 12.8 Å². The van der Waals surface area contributed by atoms with Gasteiger partial charge in [0.1, 0.15) is 19.8 Å². The second-order valence-corrected chi connectivity index (χ2v) is 19.2. The number of allylic oxidation sites excluding steroid dienone is 18. The molecule has 0 aromatic heterocycles. The van der Waals surface area contributed by atoms with Gasteiger partial charge in [-0.1, -0.05) is 181 Å². The fourth-order valence-corrected chi connectivity index (χ4v) is 7.11. The number of hydrogen-bond donors (Lipinski definition) is 0. The molecule has 0 heterocycles. The molecule has 0 N–H and O–H groups in total. The third kappa shape index (κ3) is 50.1. The highest BCUT2D eigenvalue weighted by molar-refractivity contribution is 7.45. The maximum absolute atomic E-state index is 12.8. The van der Waals surface area contributed by atoms with Crippen molar-refractivity contribution in [3.63, 3.8) is 0 Å². The number of phosphoric ester groups is 1. The van der Waals surface area contributed by atoms with Crippen molar-refractivity contribution >= 4 is 19.8 Å². The van der Waals surface area contributed by atoms with E-state index >= 15 is 0 Å². The number of unbranched alkanes of at least 4 members (excludes halogenated alkanes) is 13. The van der Waals surface area contributed by atoms with Crippen LogP contribution in [0.4, 0.5) is 0 Å². The van der Waals surface area contributed by atoms with Crippen LogP contribution in [0.3, 0.4) is 0 Å². The van der Waals surface area contributed by atoms with Crippen LogP contribution in [0.2, 0.25) is 0 Å². The van der Waals surface area contributed by atoms with Gasteiger partial charge in [-0.15, -0.1) is 0 Å². The maximum atomic E-state index is 12.8. The molecule has 0 aromatic rings. The van der Waals surface area contributed by atoms with Gasteiger partial charge in [0.25, 0.3) is 7.82 Å². The van der Waals surface area contributed by atoms with Gasteiger partial charge in [0.15, 0.2) is 6.10 Å². The van der Waals surface area contributed by atoms with Gasteiger partial charge >= 0.3 is 11.9 Å². The molecule has 0 aliphatic heterocycles. The Balaban J connectivity index is 4.27. The summed E-state index contributed by atoms with van der Waals surface area (Å²) in [5, 5.41) is 0. The van der Waals surface area contributed by atoms with Crippen LogP contribution < -0.4 is 4.89 Å². The van der Waals surface area contributed by atoms with Crippen LogP contribution in [0.5, 0.6) is 0 Å². The van der Waals surface area contributed by atoms with Crippen molar-refractivity contribution in [1.29, 1.82) is 0 Å². The number of esters is 2. The highest BCUT2D eigenvalue weighted by atomic mass is 31.2. The molecule has 0 aliphatic rings. The first-order valence-corrected chi connectivity index (χ1v) is 27.1. The highest BCUT2D eigenvalue weighted by Gasteiger charge is 2.21. The number of rotatable bonds is 45. The predicted octanol–water partition coefficient (Wildman–Crippen LogP) is 14.8. The van der Waals surface area contributed by atoms with Crippen molar-refractivity contribution < 1.29 is 42.1 Å². The summed E-state index contributed by atoms with van der Waals surface area (Å²) in [5.74, 6) is -0.895. The van der Waals surface area contributed by atoms with Crippen molar-refractivity contribution in [3.8, 4) is 0 Å². The highest BCUT2D eigenvalue weighted by Crippen LogP contribution is 2.38. The zero-order valence-electron chi connectivity index (χ0n) is 42.3. The summed E-state index contributed by atoms with van der Waals surface area (Å²) in [6.45, 7) is 3.93. The Morgan fingerprint density at radius 3 is 1.24 bits per heavy atom. The van der Waals surface area contributed by atoms with Crippen molar-refractivity contribution in [2.45, 2.75) is 187 Å². The molecule has 0 aromatic carbocycles. The largest absolute Gasteiger partial charge is 0.756 e. The number of hydrogen-bond acceptors (Lipinski definition) is 8. The van der Waals surface area contributed by atoms with Crippen LogP contribution in [0, 0.1) is 0 Å². The van der Waals surface area contributed by atoms with E-state index in [1.165, 1.54) is 44.9 Å².